The Morgan fingerprint density at radius 1 is 1.17 bits per heavy atom. The van der Waals surface area contributed by atoms with Crippen molar-refractivity contribution in [2.75, 3.05) is 19.7 Å². The van der Waals surface area contributed by atoms with E-state index in [1.165, 1.54) is 5.56 Å². The zero-order chi connectivity index (χ0) is 16.8. The van der Waals surface area contributed by atoms with Gasteiger partial charge in [-0.3, -0.25) is 4.79 Å². The molecule has 1 aromatic rings. The Hall–Kier alpha value is -1.55. The monoisotopic (exact) mass is 318 g/mol. The minimum atomic E-state index is -0.0269. The minimum absolute atomic E-state index is 0.0269. The van der Waals surface area contributed by atoms with Crippen molar-refractivity contribution in [1.29, 1.82) is 0 Å². The van der Waals surface area contributed by atoms with E-state index in [-0.39, 0.29) is 18.6 Å². The molecule has 0 radical (unpaired) electrons. The first kappa shape index (κ1) is 17.8. The number of carbonyl (C=O) groups excluding carboxylic acids is 1. The summed E-state index contributed by atoms with van der Waals surface area (Å²) < 4.78 is 5.58. The standard InChI is InChI=1S/C19H30N2O2/c1-14(2)16-5-7-18(8-6-16)23-13-19(22)20-17-9-11-21(12-10-17)15(3)4/h5-8,14-15,17H,9-13H2,1-4H3,(H,20,22). The Morgan fingerprint density at radius 3 is 2.30 bits per heavy atom. The van der Waals surface area contributed by atoms with Gasteiger partial charge in [-0.15, -0.1) is 0 Å². The van der Waals surface area contributed by atoms with Gasteiger partial charge < -0.3 is 15.0 Å². The summed E-state index contributed by atoms with van der Waals surface area (Å²) in [5.41, 5.74) is 1.28. The van der Waals surface area contributed by atoms with E-state index in [0.29, 0.717) is 12.0 Å². The zero-order valence-electron chi connectivity index (χ0n) is 14.8. The zero-order valence-corrected chi connectivity index (χ0v) is 14.8. The van der Waals surface area contributed by atoms with Gasteiger partial charge in [0.1, 0.15) is 5.75 Å². The van der Waals surface area contributed by atoms with Gasteiger partial charge in [-0.05, 0) is 50.3 Å². The molecule has 2 rings (SSSR count). The average Bonchev–Trinajstić information content (AvgIpc) is 2.54. The van der Waals surface area contributed by atoms with Gasteiger partial charge in [0.2, 0.25) is 0 Å². The van der Waals surface area contributed by atoms with Crippen LogP contribution in [0.5, 0.6) is 5.75 Å². The second-order valence-electron chi connectivity index (χ2n) is 6.98. The van der Waals surface area contributed by atoms with Crippen LogP contribution in [0.1, 0.15) is 52.0 Å². The summed E-state index contributed by atoms with van der Waals surface area (Å²) in [5.74, 6) is 1.23. The molecule has 1 fully saturated rings. The first-order valence-corrected chi connectivity index (χ1v) is 8.72. The van der Waals surface area contributed by atoms with E-state index >= 15 is 0 Å². The fourth-order valence-electron chi connectivity index (χ4n) is 2.93. The molecular formula is C19H30N2O2. The number of rotatable bonds is 6. The van der Waals surface area contributed by atoms with Crippen molar-refractivity contribution >= 4 is 5.91 Å². The molecule has 0 saturated carbocycles. The third-order valence-corrected chi connectivity index (χ3v) is 4.54. The van der Waals surface area contributed by atoms with Crippen molar-refractivity contribution < 1.29 is 9.53 Å². The topological polar surface area (TPSA) is 41.6 Å². The Balaban J connectivity index is 1.71. The molecule has 0 bridgehead atoms. The van der Waals surface area contributed by atoms with Gasteiger partial charge in [0, 0.05) is 25.2 Å². The summed E-state index contributed by atoms with van der Waals surface area (Å²) in [6.45, 7) is 11.0. The molecule has 4 heteroatoms. The molecule has 23 heavy (non-hydrogen) atoms. The maximum absolute atomic E-state index is 12.0. The first-order valence-electron chi connectivity index (χ1n) is 8.72. The summed E-state index contributed by atoms with van der Waals surface area (Å²) in [4.78, 5) is 14.5. The lowest BCUT2D eigenvalue weighted by atomic mass is 10.0. The lowest BCUT2D eigenvalue weighted by molar-refractivity contribution is -0.124. The third kappa shape index (κ3) is 5.54. The van der Waals surface area contributed by atoms with E-state index in [9.17, 15) is 4.79 Å². The molecule has 0 aliphatic carbocycles. The molecule has 128 valence electrons. The lowest BCUT2D eigenvalue weighted by Crippen LogP contribution is -2.47. The number of nitrogens with zero attached hydrogens (tertiary/aromatic N) is 1. The average molecular weight is 318 g/mol. The van der Waals surface area contributed by atoms with E-state index < -0.39 is 0 Å². The van der Waals surface area contributed by atoms with Crippen LogP contribution < -0.4 is 10.1 Å². The van der Waals surface area contributed by atoms with Crippen LogP contribution in [0.4, 0.5) is 0 Å². The highest BCUT2D eigenvalue weighted by molar-refractivity contribution is 5.77. The van der Waals surface area contributed by atoms with Crippen LogP contribution in [0.15, 0.2) is 24.3 Å². The summed E-state index contributed by atoms with van der Waals surface area (Å²) in [6.07, 6.45) is 2.04. The van der Waals surface area contributed by atoms with Gasteiger partial charge in [0.15, 0.2) is 6.61 Å². The number of ether oxygens (including phenoxy) is 1. The van der Waals surface area contributed by atoms with Crippen LogP contribution in [0, 0.1) is 0 Å². The lowest BCUT2D eigenvalue weighted by Gasteiger charge is -2.34. The summed E-state index contributed by atoms with van der Waals surface area (Å²) in [5, 5.41) is 3.09. The number of nitrogens with one attached hydrogen (secondary N) is 1. The number of hydrogen-bond acceptors (Lipinski definition) is 3. The van der Waals surface area contributed by atoms with Crippen LogP contribution in [-0.2, 0) is 4.79 Å². The van der Waals surface area contributed by atoms with Crippen LogP contribution in [0.3, 0.4) is 0 Å². The van der Waals surface area contributed by atoms with Crippen molar-refractivity contribution in [3.8, 4) is 5.75 Å². The van der Waals surface area contributed by atoms with E-state index in [0.717, 1.165) is 31.7 Å². The summed E-state index contributed by atoms with van der Waals surface area (Å²) >= 11 is 0. The molecule has 1 heterocycles. The molecule has 0 aromatic heterocycles. The van der Waals surface area contributed by atoms with E-state index in [4.69, 9.17) is 4.74 Å². The van der Waals surface area contributed by atoms with Crippen LogP contribution >= 0.6 is 0 Å². The Bertz CT molecular complexity index is 489. The Morgan fingerprint density at radius 2 is 1.78 bits per heavy atom. The fourth-order valence-corrected chi connectivity index (χ4v) is 2.93. The van der Waals surface area contributed by atoms with Crippen LogP contribution in [0.25, 0.3) is 0 Å². The largest absolute Gasteiger partial charge is 0.484 e. The van der Waals surface area contributed by atoms with Crippen LogP contribution in [0.2, 0.25) is 0 Å². The van der Waals surface area contributed by atoms with Crippen molar-refractivity contribution in [2.45, 2.75) is 58.5 Å². The van der Waals surface area contributed by atoms with E-state index in [1.807, 2.05) is 12.1 Å². The minimum Gasteiger partial charge on any atom is -0.484 e. The van der Waals surface area contributed by atoms with E-state index in [2.05, 4.69) is 50.0 Å². The highest BCUT2D eigenvalue weighted by Gasteiger charge is 2.22. The van der Waals surface area contributed by atoms with Crippen molar-refractivity contribution in [1.82, 2.24) is 10.2 Å². The van der Waals surface area contributed by atoms with Gasteiger partial charge in [0.05, 0.1) is 0 Å². The predicted octanol–water partition coefficient (Wildman–Crippen LogP) is 3.18. The SMILES string of the molecule is CC(C)c1ccc(OCC(=O)NC2CCN(C(C)C)CC2)cc1. The quantitative estimate of drug-likeness (QED) is 0.876. The molecule has 0 atom stereocenters. The van der Waals surface area contributed by atoms with E-state index in [1.54, 1.807) is 0 Å². The summed E-state index contributed by atoms with van der Waals surface area (Å²) in [7, 11) is 0. The molecule has 1 N–H and O–H groups in total. The molecule has 1 aromatic carbocycles. The van der Waals surface area contributed by atoms with Gasteiger partial charge in [-0.25, -0.2) is 0 Å². The normalized spacial score (nSPS) is 16.8. The number of likely N-dealkylation sites (tertiary alicyclic amines) is 1. The van der Waals surface area contributed by atoms with Crippen LogP contribution in [-0.4, -0.2) is 42.6 Å². The Labute approximate surface area is 140 Å². The number of amides is 1. The fraction of sp³-hybridized carbons (Fsp3) is 0.632. The van der Waals surface area contributed by atoms with Gasteiger partial charge >= 0.3 is 0 Å². The summed E-state index contributed by atoms with van der Waals surface area (Å²) in [6, 6.07) is 8.85. The second kappa shape index (κ2) is 8.34. The molecule has 0 spiro atoms. The smallest absolute Gasteiger partial charge is 0.258 e. The molecule has 4 nitrogen and oxygen atoms in total. The van der Waals surface area contributed by atoms with Crippen molar-refractivity contribution in [3.63, 3.8) is 0 Å². The maximum atomic E-state index is 12.0. The van der Waals surface area contributed by atoms with Crippen molar-refractivity contribution in [2.24, 2.45) is 0 Å². The highest BCUT2D eigenvalue weighted by Crippen LogP contribution is 2.18. The first-order chi connectivity index (χ1) is 11.0. The molecule has 1 aliphatic heterocycles. The molecular weight excluding hydrogens is 288 g/mol. The number of carbonyl (C=O) groups is 1. The number of hydrogen-bond donors (Lipinski definition) is 1. The predicted molar refractivity (Wildman–Crippen MR) is 93.9 cm³/mol. The van der Waals surface area contributed by atoms with Gasteiger partial charge in [-0.2, -0.15) is 0 Å². The number of benzene rings is 1. The third-order valence-electron chi connectivity index (χ3n) is 4.54. The molecule has 0 unspecified atom stereocenters. The maximum Gasteiger partial charge on any atom is 0.258 e. The number of piperidine rings is 1. The highest BCUT2D eigenvalue weighted by atomic mass is 16.5. The second-order valence-corrected chi connectivity index (χ2v) is 6.98. The van der Waals surface area contributed by atoms with Gasteiger partial charge in [0.25, 0.3) is 5.91 Å². The Kier molecular flexibility index (Phi) is 6.46. The molecule has 1 aliphatic rings. The van der Waals surface area contributed by atoms with Gasteiger partial charge in [-0.1, -0.05) is 26.0 Å². The molecule has 1 amide bonds. The molecule has 1 saturated heterocycles. The van der Waals surface area contributed by atoms with Crippen molar-refractivity contribution in [3.05, 3.63) is 29.8 Å².